The number of para-hydroxylation sites is 2. The molecule has 1 aromatic heterocycles. The van der Waals surface area contributed by atoms with Gasteiger partial charge in [-0.05, 0) is 43.0 Å². The predicted octanol–water partition coefficient (Wildman–Crippen LogP) is 4.99. The number of carbonyl (C=O) groups is 1. The quantitative estimate of drug-likeness (QED) is 0.498. The van der Waals surface area contributed by atoms with Crippen LogP contribution in [0.1, 0.15) is 41.4 Å². The van der Waals surface area contributed by atoms with E-state index < -0.39 is 23.1 Å². The summed E-state index contributed by atoms with van der Waals surface area (Å²) in [6.07, 6.45) is 2.53. The van der Waals surface area contributed by atoms with Gasteiger partial charge in [-0.1, -0.05) is 25.1 Å². The van der Waals surface area contributed by atoms with Crippen LogP contribution in [0.3, 0.4) is 0 Å². The molecule has 188 valence electrons. The molecule has 1 amide bonds. The summed E-state index contributed by atoms with van der Waals surface area (Å²) in [6, 6.07) is 10.6. The largest absolute Gasteiger partial charge is 0.493 e. The smallest absolute Gasteiger partial charge is 0.260 e. The fraction of sp³-hybridized carbons (Fsp3) is 0.370. The number of halogens is 2. The first kappa shape index (κ1) is 24.0. The van der Waals surface area contributed by atoms with Gasteiger partial charge in [-0.2, -0.15) is 4.98 Å². The maximum Gasteiger partial charge on any atom is 0.260 e. The number of rotatable bonds is 5. The van der Waals surface area contributed by atoms with Gasteiger partial charge in [0.25, 0.3) is 5.91 Å². The first-order valence-corrected chi connectivity index (χ1v) is 12.1. The normalized spacial score (nSPS) is 16.0. The molecule has 9 heteroatoms. The summed E-state index contributed by atoms with van der Waals surface area (Å²) < 4.78 is 40.3. The van der Waals surface area contributed by atoms with Crippen LogP contribution in [0.2, 0.25) is 0 Å². The van der Waals surface area contributed by atoms with Crippen LogP contribution in [0.25, 0.3) is 0 Å². The van der Waals surface area contributed by atoms with Crippen LogP contribution in [-0.4, -0.2) is 47.5 Å². The number of benzene rings is 2. The molecule has 0 saturated carbocycles. The van der Waals surface area contributed by atoms with Gasteiger partial charge in [0.05, 0.1) is 24.9 Å². The molecular weight excluding hydrogens is 466 g/mol. The van der Waals surface area contributed by atoms with Crippen LogP contribution in [0.4, 0.5) is 14.7 Å². The third-order valence-electron chi connectivity index (χ3n) is 6.82. The number of fused-ring (bicyclic) bond motifs is 1. The Morgan fingerprint density at radius 2 is 1.67 bits per heavy atom. The van der Waals surface area contributed by atoms with Crippen molar-refractivity contribution in [3.63, 3.8) is 0 Å². The lowest BCUT2D eigenvalue weighted by molar-refractivity contribution is 0.0722. The van der Waals surface area contributed by atoms with Crippen LogP contribution in [0, 0.1) is 17.6 Å². The van der Waals surface area contributed by atoms with Crippen LogP contribution in [-0.2, 0) is 13.0 Å². The van der Waals surface area contributed by atoms with Crippen LogP contribution < -0.4 is 14.4 Å². The minimum Gasteiger partial charge on any atom is -0.493 e. The fourth-order valence-electron chi connectivity index (χ4n) is 4.65. The van der Waals surface area contributed by atoms with Crippen molar-refractivity contribution < 1.29 is 23.0 Å². The van der Waals surface area contributed by atoms with Gasteiger partial charge in [0, 0.05) is 26.1 Å². The van der Waals surface area contributed by atoms with Gasteiger partial charge >= 0.3 is 0 Å². The van der Waals surface area contributed by atoms with Gasteiger partial charge in [-0.15, -0.1) is 0 Å². The number of methoxy groups -OCH3 is 1. The Labute approximate surface area is 208 Å². The maximum atomic E-state index is 14.3. The summed E-state index contributed by atoms with van der Waals surface area (Å²) in [5.41, 5.74) is 0.820. The van der Waals surface area contributed by atoms with Gasteiger partial charge in [0.1, 0.15) is 17.2 Å². The molecule has 0 atom stereocenters. The SMILES string of the molecule is COc1ccccc1Oc1nc(N2CCC(C)CC2)nc2c1CN(C(=O)c1c(F)cccc1F)CC2. The van der Waals surface area contributed by atoms with Gasteiger partial charge in [0.15, 0.2) is 11.5 Å². The molecule has 7 nitrogen and oxygen atoms in total. The summed E-state index contributed by atoms with van der Waals surface area (Å²) in [5.74, 6) is 0.0766. The highest BCUT2D eigenvalue weighted by Gasteiger charge is 2.31. The number of aromatic nitrogens is 2. The molecule has 0 spiro atoms. The summed E-state index contributed by atoms with van der Waals surface area (Å²) in [6.45, 7) is 4.30. The lowest BCUT2D eigenvalue weighted by Crippen LogP contribution is -2.39. The molecule has 0 unspecified atom stereocenters. The van der Waals surface area contributed by atoms with Crippen molar-refractivity contribution >= 4 is 11.9 Å². The zero-order valence-corrected chi connectivity index (χ0v) is 20.3. The Kier molecular flexibility index (Phi) is 6.71. The van der Waals surface area contributed by atoms with E-state index in [1.54, 1.807) is 19.2 Å². The summed E-state index contributed by atoms with van der Waals surface area (Å²) in [4.78, 5) is 26.2. The molecule has 1 fully saturated rings. The molecule has 2 aliphatic heterocycles. The minimum absolute atomic E-state index is 0.0732. The van der Waals surface area contributed by atoms with Crippen molar-refractivity contribution in [2.45, 2.75) is 32.7 Å². The van der Waals surface area contributed by atoms with Gasteiger partial charge < -0.3 is 19.3 Å². The average Bonchev–Trinajstić information content (AvgIpc) is 2.89. The summed E-state index contributed by atoms with van der Waals surface area (Å²) in [5, 5.41) is 0. The molecule has 0 N–H and O–H groups in total. The number of anilines is 1. The molecule has 2 aromatic carbocycles. The second-order valence-electron chi connectivity index (χ2n) is 9.25. The van der Waals surface area contributed by atoms with Crippen molar-refractivity contribution in [3.05, 3.63) is 70.9 Å². The first-order valence-electron chi connectivity index (χ1n) is 12.1. The van der Waals surface area contributed by atoms with Crippen molar-refractivity contribution in [2.24, 2.45) is 5.92 Å². The zero-order valence-electron chi connectivity index (χ0n) is 20.3. The van der Waals surface area contributed by atoms with E-state index in [0.717, 1.165) is 43.8 Å². The summed E-state index contributed by atoms with van der Waals surface area (Å²) in [7, 11) is 1.56. The lowest BCUT2D eigenvalue weighted by Gasteiger charge is -2.33. The van der Waals surface area contributed by atoms with E-state index in [2.05, 4.69) is 11.8 Å². The monoisotopic (exact) mass is 494 g/mol. The van der Waals surface area contributed by atoms with Crippen molar-refractivity contribution in [2.75, 3.05) is 31.6 Å². The Balaban J connectivity index is 1.51. The number of hydrogen-bond donors (Lipinski definition) is 0. The van der Waals surface area contributed by atoms with E-state index in [1.165, 1.54) is 11.0 Å². The molecule has 5 rings (SSSR count). The fourth-order valence-corrected chi connectivity index (χ4v) is 4.65. The van der Waals surface area contributed by atoms with Crippen molar-refractivity contribution in [1.29, 1.82) is 0 Å². The highest BCUT2D eigenvalue weighted by atomic mass is 19.1. The molecule has 0 radical (unpaired) electrons. The van der Waals surface area contributed by atoms with E-state index in [1.807, 2.05) is 12.1 Å². The summed E-state index contributed by atoms with van der Waals surface area (Å²) >= 11 is 0. The topological polar surface area (TPSA) is 67.8 Å². The second kappa shape index (κ2) is 10.1. The van der Waals surface area contributed by atoms with E-state index >= 15 is 0 Å². The molecule has 0 aliphatic carbocycles. The zero-order chi connectivity index (χ0) is 25.2. The second-order valence-corrected chi connectivity index (χ2v) is 9.25. The van der Waals surface area contributed by atoms with Crippen LogP contribution in [0.15, 0.2) is 42.5 Å². The highest BCUT2D eigenvalue weighted by Crippen LogP contribution is 2.36. The minimum atomic E-state index is -0.887. The number of amides is 1. The van der Waals surface area contributed by atoms with Gasteiger partial charge in [-0.3, -0.25) is 4.79 Å². The Hall–Kier alpha value is -3.75. The van der Waals surface area contributed by atoms with Gasteiger partial charge in [0.2, 0.25) is 11.8 Å². The highest BCUT2D eigenvalue weighted by molar-refractivity contribution is 5.95. The molecule has 2 aliphatic rings. The number of hydrogen-bond acceptors (Lipinski definition) is 6. The predicted molar refractivity (Wildman–Crippen MR) is 131 cm³/mol. The first-order chi connectivity index (χ1) is 17.4. The standard InChI is InChI=1S/C27H28F2N4O3/c1-17-10-13-32(14-11-17)27-30-21-12-15-33(26(34)24-19(28)6-5-7-20(24)29)16-18(21)25(31-27)36-23-9-4-3-8-22(23)35-2/h3-9,17H,10-16H2,1-2H3. The number of piperidine rings is 1. The van der Waals surface area contributed by atoms with E-state index in [4.69, 9.17) is 19.4 Å². The number of nitrogens with zero attached hydrogens (tertiary/aromatic N) is 4. The molecule has 0 bridgehead atoms. The molecule has 36 heavy (non-hydrogen) atoms. The van der Waals surface area contributed by atoms with E-state index in [0.29, 0.717) is 41.2 Å². The number of ether oxygens (including phenoxy) is 2. The Morgan fingerprint density at radius 1 is 0.972 bits per heavy atom. The van der Waals surface area contributed by atoms with E-state index in [-0.39, 0.29) is 13.1 Å². The molecule has 3 heterocycles. The van der Waals surface area contributed by atoms with Crippen LogP contribution >= 0.6 is 0 Å². The van der Waals surface area contributed by atoms with Gasteiger partial charge in [-0.25, -0.2) is 13.8 Å². The molecular formula is C27H28F2N4O3. The Morgan fingerprint density at radius 3 is 2.36 bits per heavy atom. The van der Waals surface area contributed by atoms with Crippen molar-refractivity contribution in [1.82, 2.24) is 14.9 Å². The molecule has 1 saturated heterocycles. The maximum absolute atomic E-state index is 14.3. The van der Waals surface area contributed by atoms with Crippen molar-refractivity contribution in [3.8, 4) is 17.4 Å². The Bertz CT molecular complexity index is 1260. The van der Waals surface area contributed by atoms with E-state index in [9.17, 15) is 13.6 Å². The third kappa shape index (κ3) is 4.69. The molecule has 3 aromatic rings. The van der Waals surface area contributed by atoms with Crippen LogP contribution in [0.5, 0.6) is 17.4 Å². The third-order valence-corrected chi connectivity index (χ3v) is 6.82. The average molecular weight is 495 g/mol. The lowest BCUT2D eigenvalue weighted by atomic mass is 9.99. The number of carbonyl (C=O) groups excluding carboxylic acids is 1.